The van der Waals surface area contributed by atoms with E-state index in [-0.39, 0.29) is 12.5 Å². The van der Waals surface area contributed by atoms with Crippen LogP contribution in [0.1, 0.15) is 30.5 Å². The van der Waals surface area contributed by atoms with Gasteiger partial charge in [0.2, 0.25) is 5.91 Å². The number of nitrogens with one attached hydrogen (secondary N) is 1. The molecule has 1 aliphatic heterocycles. The minimum atomic E-state index is -1.07. The number of amides is 1. The van der Waals surface area contributed by atoms with Crippen LogP contribution in [0.25, 0.3) is 10.8 Å². The second kappa shape index (κ2) is 12.7. The van der Waals surface area contributed by atoms with Crippen molar-refractivity contribution in [3.8, 4) is 0 Å². The average Bonchev–Trinajstić information content (AvgIpc) is 3.05. The number of thioether (sulfide) groups is 1. The Morgan fingerprint density at radius 3 is 2.51 bits per heavy atom. The monoisotopic (exact) mass is 520 g/mol. The number of carboxylic acids is 1. The lowest BCUT2D eigenvalue weighted by Gasteiger charge is -2.31. The number of hydrogen-bond donors (Lipinski definition) is 2. The van der Waals surface area contributed by atoms with Crippen molar-refractivity contribution in [2.24, 2.45) is 0 Å². The van der Waals surface area contributed by atoms with E-state index in [2.05, 4.69) is 5.32 Å². The van der Waals surface area contributed by atoms with Crippen molar-refractivity contribution in [3.63, 3.8) is 0 Å². The molecule has 3 atom stereocenters. The van der Waals surface area contributed by atoms with Gasteiger partial charge in [-0.1, -0.05) is 66.7 Å². The van der Waals surface area contributed by atoms with Gasteiger partial charge in [-0.25, -0.2) is 0 Å². The van der Waals surface area contributed by atoms with Crippen LogP contribution in [-0.2, 0) is 25.5 Å². The van der Waals surface area contributed by atoms with Gasteiger partial charge in [0, 0.05) is 11.5 Å². The van der Waals surface area contributed by atoms with Crippen LogP contribution in [0.4, 0.5) is 0 Å². The van der Waals surface area contributed by atoms with Crippen molar-refractivity contribution < 1.29 is 24.2 Å². The molecule has 1 heterocycles. The van der Waals surface area contributed by atoms with E-state index in [1.807, 2.05) is 72.8 Å². The van der Waals surface area contributed by atoms with E-state index in [4.69, 9.17) is 4.74 Å². The summed E-state index contributed by atoms with van der Waals surface area (Å²) in [6.45, 7) is 1.58. The van der Waals surface area contributed by atoms with E-state index in [9.17, 15) is 19.5 Å². The van der Waals surface area contributed by atoms with Crippen molar-refractivity contribution in [1.29, 1.82) is 0 Å². The molecule has 1 amide bonds. The minimum absolute atomic E-state index is 0.241. The van der Waals surface area contributed by atoms with Crippen molar-refractivity contribution in [2.45, 2.75) is 37.9 Å². The second-order valence-corrected chi connectivity index (χ2v) is 10.1. The first-order valence-electron chi connectivity index (χ1n) is 12.5. The summed E-state index contributed by atoms with van der Waals surface area (Å²) in [6.07, 6.45) is 1.11. The molecule has 0 saturated carbocycles. The first-order valence-corrected chi connectivity index (χ1v) is 13.7. The van der Waals surface area contributed by atoms with Gasteiger partial charge in [-0.15, -0.1) is 0 Å². The van der Waals surface area contributed by atoms with Gasteiger partial charge in [0.15, 0.2) is 0 Å². The zero-order chi connectivity index (χ0) is 26.2. The molecule has 3 aromatic rings. The highest BCUT2D eigenvalue weighted by Gasteiger charge is 2.37. The van der Waals surface area contributed by atoms with E-state index >= 15 is 0 Å². The van der Waals surface area contributed by atoms with E-state index in [1.165, 1.54) is 4.90 Å². The van der Waals surface area contributed by atoms with Gasteiger partial charge in [0.05, 0.1) is 18.7 Å². The Morgan fingerprint density at radius 2 is 1.78 bits per heavy atom. The first-order chi connectivity index (χ1) is 18.0. The lowest BCUT2D eigenvalue weighted by Crippen LogP contribution is -2.54. The molecule has 2 N–H and O–H groups in total. The normalized spacial score (nSPS) is 18.8. The molecule has 0 aromatic heterocycles. The van der Waals surface area contributed by atoms with Gasteiger partial charge in [0.1, 0.15) is 12.6 Å². The van der Waals surface area contributed by atoms with Crippen LogP contribution in [0, 0.1) is 0 Å². The highest BCUT2D eigenvalue weighted by molar-refractivity contribution is 7.99. The van der Waals surface area contributed by atoms with Crippen LogP contribution in [0.5, 0.6) is 0 Å². The average molecular weight is 521 g/mol. The summed E-state index contributed by atoms with van der Waals surface area (Å²) in [4.78, 5) is 39.8. The molecule has 1 fully saturated rings. The first kappa shape index (κ1) is 26.7. The van der Waals surface area contributed by atoms with Gasteiger partial charge in [-0.3, -0.25) is 19.7 Å². The Kier molecular flexibility index (Phi) is 9.19. The number of fused-ring (bicyclic) bond motifs is 1. The quantitative estimate of drug-likeness (QED) is 0.389. The zero-order valence-corrected chi connectivity index (χ0v) is 21.7. The Bertz CT molecular complexity index is 1240. The molecule has 1 saturated heterocycles. The number of esters is 1. The number of aryl methyl sites for hydroxylation is 1. The van der Waals surface area contributed by atoms with Crippen molar-refractivity contribution >= 4 is 40.4 Å². The number of aliphatic carboxylic acids is 1. The summed E-state index contributed by atoms with van der Waals surface area (Å²) in [5.41, 5.74) is 1.98. The molecule has 4 rings (SSSR count). The molecule has 1 aliphatic rings. The van der Waals surface area contributed by atoms with Gasteiger partial charge < -0.3 is 14.7 Å². The number of nitrogens with zero attached hydrogens (tertiary/aromatic N) is 1. The molecule has 0 radical (unpaired) electrons. The Morgan fingerprint density at radius 1 is 1.05 bits per heavy atom. The largest absolute Gasteiger partial charge is 0.480 e. The fourth-order valence-corrected chi connectivity index (χ4v) is 5.87. The van der Waals surface area contributed by atoms with E-state index in [0.717, 1.165) is 21.9 Å². The van der Waals surface area contributed by atoms with Crippen LogP contribution in [0.15, 0.2) is 72.8 Å². The van der Waals surface area contributed by atoms with Crippen LogP contribution >= 0.6 is 11.8 Å². The number of carbonyl (C=O) groups excluding carboxylic acids is 2. The highest BCUT2D eigenvalue weighted by Crippen LogP contribution is 2.31. The van der Waals surface area contributed by atoms with Gasteiger partial charge in [-0.2, -0.15) is 11.8 Å². The van der Waals surface area contributed by atoms with Crippen molar-refractivity contribution in [3.05, 3.63) is 83.9 Å². The Labute approximate surface area is 221 Å². The molecule has 37 heavy (non-hydrogen) atoms. The maximum atomic E-state index is 13.8. The highest BCUT2D eigenvalue weighted by atomic mass is 32.2. The van der Waals surface area contributed by atoms with E-state index < -0.39 is 36.6 Å². The lowest BCUT2D eigenvalue weighted by molar-refractivity contribution is -0.149. The van der Waals surface area contributed by atoms with Crippen molar-refractivity contribution in [2.75, 3.05) is 24.7 Å². The third-order valence-corrected chi connectivity index (χ3v) is 7.64. The maximum Gasteiger partial charge on any atom is 0.323 e. The fourth-order valence-electron chi connectivity index (χ4n) is 4.67. The number of carboxylic acid groups (broad SMARTS) is 1. The predicted molar refractivity (Wildman–Crippen MR) is 145 cm³/mol. The van der Waals surface area contributed by atoms with Gasteiger partial charge >= 0.3 is 11.9 Å². The molecule has 7 nitrogen and oxygen atoms in total. The molecule has 3 unspecified atom stereocenters. The minimum Gasteiger partial charge on any atom is -0.480 e. The molecule has 194 valence electrons. The fraction of sp³-hybridized carbons (Fsp3) is 0.345. The van der Waals surface area contributed by atoms with Crippen LogP contribution in [0.3, 0.4) is 0 Å². The van der Waals surface area contributed by atoms with Crippen LogP contribution in [0.2, 0.25) is 0 Å². The molecular weight excluding hydrogens is 488 g/mol. The Hall–Kier alpha value is -3.36. The second-order valence-electron chi connectivity index (χ2n) is 9.07. The molecule has 0 aliphatic carbocycles. The molecule has 0 spiro atoms. The zero-order valence-electron chi connectivity index (χ0n) is 20.8. The molecule has 8 heteroatoms. The lowest BCUT2D eigenvalue weighted by atomic mass is 10.0. The van der Waals surface area contributed by atoms with Crippen LogP contribution in [-0.4, -0.2) is 64.6 Å². The number of hydrogen-bond acceptors (Lipinski definition) is 6. The summed E-state index contributed by atoms with van der Waals surface area (Å²) in [6, 6.07) is 22.0. The summed E-state index contributed by atoms with van der Waals surface area (Å²) in [7, 11) is 0. The number of ether oxygens (including phenoxy) is 1. The SMILES string of the molecule is CCOC(=O)C(CCc1ccccc1)NC1CSCC(c2ccc3ccccc3c2)N(CC(=O)O)C1=O. The van der Waals surface area contributed by atoms with E-state index in [1.54, 1.807) is 18.7 Å². The summed E-state index contributed by atoms with van der Waals surface area (Å²) < 4.78 is 5.30. The van der Waals surface area contributed by atoms with E-state index in [0.29, 0.717) is 24.3 Å². The third-order valence-electron chi connectivity index (χ3n) is 6.52. The van der Waals surface area contributed by atoms with Gasteiger partial charge in [0.25, 0.3) is 0 Å². The van der Waals surface area contributed by atoms with Crippen molar-refractivity contribution in [1.82, 2.24) is 10.2 Å². The smallest absolute Gasteiger partial charge is 0.323 e. The molecule has 0 bridgehead atoms. The maximum absolute atomic E-state index is 13.8. The van der Waals surface area contributed by atoms with Crippen LogP contribution < -0.4 is 5.32 Å². The standard InChI is InChI=1S/C29H32N2O5S/c1-2-36-29(35)24(15-12-20-8-4-3-5-9-20)30-25-18-37-19-26(31(28(25)34)17-27(32)33)23-14-13-21-10-6-7-11-22(21)16-23/h3-11,13-14,16,24-26,30H,2,12,15,17-19H2,1H3,(H,32,33). The number of carbonyl (C=O) groups is 3. The predicted octanol–water partition coefficient (Wildman–Crippen LogP) is 4.06. The number of benzene rings is 3. The number of rotatable bonds is 10. The topological polar surface area (TPSA) is 95.9 Å². The molecule has 3 aromatic carbocycles. The summed E-state index contributed by atoms with van der Waals surface area (Å²) >= 11 is 1.58. The third kappa shape index (κ3) is 6.90. The van der Waals surface area contributed by atoms with Gasteiger partial charge in [-0.05, 0) is 47.7 Å². The molecular formula is C29H32N2O5S. The summed E-state index contributed by atoms with van der Waals surface area (Å²) in [5.74, 6) is -0.809. The summed E-state index contributed by atoms with van der Waals surface area (Å²) in [5, 5.41) is 15.0. The Balaban J connectivity index is 1.56.